The number of carbonyl (C=O) groups excluding carboxylic acids is 1. The Labute approximate surface area is 144 Å². The van der Waals surface area contributed by atoms with Crippen molar-refractivity contribution in [1.29, 1.82) is 0 Å². The third kappa shape index (κ3) is 3.37. The zero-order valence-electron chi connectivity index (χ0n) is 13.3. The van der Waals surface area contributed by atoms with Crippen LogP contribution in [0.15, 0.2) is 0 Å². The quantitative estimate of drug-likeness (QED) is 0.823. The third-order valence-electron chi connectivity index (χ3n) is 4.87. The topological polar surface area (TPSA) is 77.0 Å². The molecule has 0 aromatic carbocycles. The molecule has 3 rings (SSSR count). The predicted molar refractivity (Wildman–Crippen MR) is 82.2 cm³/mol. The van der Waals surface area contributed by atoms with E-state index < -0.39 is 17.5 Å². The number of carbonyl (C=O) groups is 1. The van der Waals surface area contributed by atoms with Crippen molar-refractivity contribution in [3.8, 4) is 0 Å². The van der Waals surface area contributed by atoms with Gasteiger partial charge in [-0.05, 0) is 19.8 Å². The minimum absolute atomic E-state index is 0. The van der Waals surface area contributed by atoms with Gasteiger partial charge in [0.25, 0.3) is 0 Å². The van der Waals surface area contributed by atoms with E-state index in [-0.39, 0.29) is 49.7 Å². The molecule has 1 aliphatic carbocycles. The van der Waals surface area contributed by atoms with Gasteiger partial charge >= 0.3 is 6.18 Å². The molecule has 10 heteroatoms. The van der Waals surface area contributed by atoms with Crippen molar-refractivity contribution < 1.29 is 18.0 Å². The number of fused-ring (bicyclic) bond motifs is 1. The molecule has 0 bridgehead atoms. The largest absolute Gasteiger partial charge is 0.451 e. The number of hydrogen-bond acceptors (Lipinski definition) is 4. The molecule has 2 aliphatic rings. The van der Waals surface area contributed by atoms with Crippen molar-refractivity contribution in [1.82, 2.24) is 19.7 Å². The fourth-order valence-electron chi connectivity index (χ4n) is 3.54. The van der Waals surface area contributed by atoms with Crippen LogP contribution in [0, 0.1) is 5.92 Å². The van der Waals surface area contributed by atoms with E-state index in [0.717, 1.165) is 30.3 Å². The summed E-state index contributed by atoms with van der Waals surface area (Å²) < 4.78 is 39.6. The van der Waals surface area contributed by atoms with Gasteiger partial charge in [0.1, 0.15) is 0 Å². The standard InChI is InChI=1S/C14H20F3N5O.ClH/c1-13(18)5-3-2-4-9(13)11(23)21-6-7-22-10(8-21)19-20-12(22)14(15,16)17;/h9H,2-8,18H2,1H3;1H. The van der Waals surface area contributed by atoms with Gasteiger partial charge in [0, 0.05) is 18.6 Å². The number of nitrogens with zero attached hydrogens (tertiary/aromatic N) is 4. The number of aromatic nitrogens is 3. The molecule has 1 aliphatic heterocycles. The van der Waals surface area contributed by atoms with E-state index in [1.165, 1.54) is 0 Å². The van der Waals surface area contributed by atoms with Crippen LogP contribution in [0.5, 0.6) is 0 Å². The summed E-state index contributed by atoms with van der Waals surface area (Å²) in [7, 11) is 0. The Morgan fingerprint density at radius 3 is 2.62 bits per heavy atom. The van der Waals surface area contributed by atoms with E-state index in [0.29, 0.717) is 0 Å². The van der Waals surface area contributed by atoms with Gasteiger partial charge < -0.3 is 15.2 Å². The van der Waals surface area contributed by atoms with Crippen molar-refractivity contribution in [2.75, 3.05) is 6.54 Å². The minimum Gasteiger partial charge on any atom is -0.333 e. The molecule has 2 atom stereocenters. The molecule has 1 aromatic heterocycles. The second-order valence-corrected chi connectivity index (χ2v) is 6.65. The van der Waals surface area contributed by atoms with Crippen LogP contribution in [0.2, 0.25) is 0 Å². The zero-order valence-corrected chi connectivity index (χ0v) is 14.2. The maximum Gasteiger partial charge on any atom is 0.451 e. The first-order valence-corrected chi connectivity index (χ1v) is 7.77. The fraction of sp³-hybridized carbons (Fsp3) is 0.786. The van der Waals surface area contributed by atoms with E-state index in [2.05, 4.69) is 10.2 Å². The van der Waals surface area contributed by atoms with E-state index in [1.54, 1.807) is 4.90 Å². The lowest BCUT2D eigenvalue weighted by Gasteiger charge is -2.40. The van der Waals surface area contributed by atoms with Gasteiger partial charge in [0.2, 0.25) is 11.7 Å². The lowest BCUT2D eigenvalue weighted by Crippen LogP contribution is -2.54. The summed E-state index contributed by atoms with van der Waals surface area (Å²) >= 11 is 0. The summed E-state index contributed by atoms with van der Waals surface area (Å²) in [4.78, 5) is 14.3. The highest BCUT2D eigenvalue weighted by Gasteiger charge is 2.43. The molecule has 0 saturated heterocycles. The molecule has 24 heavy (non-hydrogen) atoms. The molecule has 1 amide bonds. The highest BCUT2D eigenvalue weighted by atomic mass is 35.5. The van der Waals surface area contributed by atoms with Gasteiger partial charge in [-0.25, -0.2) is 0 Å². The number of hydrogen-bond donors (Lipinski definition) is 1. The Hall–Kier alpha value is -1.35. The van der Waals surface area contributed by atoms with Gasteiger partial charge in [0.15, 0.2) is 5.82 Å². The smallest absolute Gasteiger partial charge is 0.333 e. The monoisotopic (exact) mass is 367 g/mol. The van der Waals surface area contributed by atoms with Crippen molar-refractivity contribution >= 4 is 18.3 Å². The molecule has 1 saturated carbocycles. The predicted octanol–water partition coefficient (Wildman–Crippen LogP) is 1.97. The molecule has 2 heterocycles. The number of nitrogens with two attached hydrogens (primary N) is 1. The average molecular weight is 368 g/mol. The first kappa shape index (κ1) is 19.0. The van der Waals surface area contributed by atoms with Gasteiger partial charge in [-0.1, -0.05) is 12.8 Å². The summed E-state index contributed by atoms with van der Waals surface area (Å²) in [6.45, 7) is 2.20. The second-order valence-electron chi connectivity index (χ2n) is 6.65. The van der Waals surface area contributed by atoms with Crippen molar-refractivity contribution in [2.45, 2.75) is 57.4 Å². The molecular weight excluding hydrogens is 347 g/mol. The van der Waals surface area contributed by atoms with Crippen molar-refractivity contribution in [2.24, 2.45) is 11.7 Å². The first-order chi connectivity index (χ1) is 10.7. The van der Waals surface area contributed by atoms with E-state index in [4.69, 9.17) is 5.73 Å². The van der Waals surface area contributed by atoms with E-state index in [9.17, 15) is 18.0 Å². The Morgan fingerprint density at radius 1 is 1.29 bits per heavy atom. The Kier molecular flexibility index (Phi) is 5.15. The van der Waals surface area contributed by atoms with Gasteiger partial charge in [-0.15, -0.1) is 22.6 Å². The van der Waals surface area contributed by atoms with Crippen LogP contribution >= 0.6 is 12.4 Å². The first-order valence-electron chi connectivity index (χ1n) is 7.77. The normalized spacial score (nSPS) is 27.4. The van der Waals surface area contributed by atoms with Crippen LogP contribution in [0.3, 0.4) is 0 Å². The SMILES string of the molecule is CC1(N)CCCCC1C(=O)N1CCn2c(nnc2C(F)(F)F)C1.Cl. The molecule has 136 valence electrons. The van der Waals surface area contributed by atoms with Crippen LogP contribution in [-0.2, 0) is 24.1 Å². The average Bonchev–Trinajstić information content (AvgIpc) is 2.89. The Balaban J connectivity index is 0.00000208. The van der Waals surface area contributed by atoms with Crippen LogP contribution in [0.1, 0.15) is 44.3 Å². The molecule has 1 fully saturated rings. The van der Waals surface area contributed by atoms with Gasteiger partial charge in [-0.3, -0.25) is 4.79 Å². The number of rotatable bonds is 1. The summed E-state index contributed by atoms with van der Waals surface area (Å²) in [6.07, 6.45) is -1.07. The maximum atomic E-state index is 12.8. The Bertz CT molecular complexity index is 616. The van der Waals surface area contributed by atoms with Crippen LogP contribution in [0.25, 0.3) is 0 Å². The third-order valence-corrected chi connectivity index (χ3v) is 4.87. The van der Waals surface area contributed by atoms with Crippen LogP contribution in [0.4, 0.5) is 13.2 Å². The van der Waals surface area contributed by atoms with Crippen LogP contribution in [-0.4, -0.2) is 37.7 Å². The zero-order chi connectivity index (χ0) is 16.8. The highest BCUT2D eigenvalue weighted by Crippen LogP contribution is 2.34. The lowest BCUT2D eigenvalue weighted by molar-refractivity contribution is -0.148. The van der Waals surface area contributed by atoms with Crippen molar-refractivity contribution in [3.05, 3.63) is 11.6 Å². The molecular formula is C14H21ClF3N5O. The fourth-order valence-corrected chi connectivity index (χ4v) is 3.54. The summed E-state index contributed by atoms with van der Waals surface area (Å²) in [5, 5.41) is 6.83. The Morgan fingerprint density at radius 2 is 2.00 bits per heavy atom. The molecule has 2 unspecified atom stereocenters. The minimum atomic E-state index is -4.53. The van der Waals surface area contributed by atoms with Crippen molar-refractivity contribution in [3.63, 3.8) is 0 Å². The van der Waals surface area contributed by atoms with Crippen LogP contribution < -0.4 is 5.73 Å². The lowest BCUT2D eigenvalue weighted by atomic mass is 9.74. The highest BCUT2D eigenvalue weighted by molar-refractivity contribution is 5.85. The molecule has 0 radical (unpaired) electrons. The number of alkyl halides is 3. The molecule has 0 spiro atoms. The van der Waals surface area contributed by atoms with E-state index >= 15 is 0 Å². The molecule has 2 N–H and O–H groups in total. The molecule has 6 nitrogen and oxygen atoms in total. The number of amides is 1. The second kappa shape index (κ2) is 6.51. The maximum absolute atomic E-state index is 12.8. The summed E-state index contributed by atoms with van der Waals surface area (Å²) in [5.41, 5.74) is 5.70. The van der Waals surface area contributed by atoms with Gasteiger partial charge in [0.05, 0.1) is 12.5 Å². The van der Waals surface area contributed by atoms with E-state index in [1.807, 2.05) is 6.92 Å². The molecule has 1 aromatic rings. The van der Waals surface area contributed by atoms with Gasteiger partial charge in [-0.2, -0.15) is 13.2 Å². The number of halogens is 4. The summed E-state index contributed by atoms with van der Waals surface area (Å²) in [5.74, 6) is -1.20. The summed E-state index contributed by atoms with van der Waals surface area (Å²) in [6, 6.07) is 0.